The fraction of sp³-hybridized carbons (Fsp3) is 0. The Hall–Kier alpha value is -0.800. The number of hydrogen-bond acceptors (Lipinski definition) is 2. The van der Waals surface area contributed by atoms with Crippen LogP contribution >= 0.6 is 11.6 Å². The third-order valence-electron chi connectivity index (χ3n) is 1.19. The number of nitrogens with one attached hydrogen (secondary N) is 1. The lowest BCUT2D eigenvalue weighted by molar-refractivity contribution is 0.108. The summed E-state index contributed by atoms with van der Waals surface area (Å²) in [5.41, 5.74) is 0.397. The summed E-state index contributed by atoms with van der Waals surface area (Å²) < 4.78 is 6.75. The minimum atomic E-state index is -0.324. The second kappa shape index (κ2) is 3.55. The van der Waals surface area contributed by atoms with Gasteiger partial charge in [0.1, 0.15) is 5.56 Å². The molecular formula is C7H5ClNOS+. The van der Waals surface area contributed by atoms with E-state index in [2.05, 4.69) is 0 Å². The molecule has 11 heavy (non-hydrogen) atoms. The van der Waals surface area contributed by atoms with Crippen molar-refractivity contribution in [2.45, 2.75) is 0 Å². The average Bonchev–Trinajstić information content (AvgIpc) is 2.04. The molecule has 4 heteroatoms. The van der Waals surface area contributed by atoms with Gasteiger partial charge in [0, 0.05) is 0 Å². The van der Waals surface area contributed by atoms with Gasteiger partial charge in [0.05, 0.1) is 5.02 Å². The molecule has 2 nitrogen and oxygen atoms in total. The van der Waals surface area contributed by atoms with Crippen LogP contribution in [0.15, 0.2) is 24.3 Å². The predicted octanol–water partition coefficient (Wildman–Crippen LogP) is 2.33. The lowest BCUT2D eigenvalue weighted by Crippen LogP contribution is -1.95. The van der Waals surface area contributed by atoms with Crippen LogP contribution < -0.4 is 0 Å². The summed E-state index contributed by atoms with van der Waals surface area (Å²) >= 11 is 6.10. The highest BCUT2D eigenvalue weighted by molar-refractivity contribution is 7.84. The third-order valence-corrected chi connectivity index (χ3v) is 1.92. The molecule has 1 aromatic carbocycles. The number of hydrogen-bond donors (Lipinski definition) is 1. The number of carbonyl (C=O) groups excluding carboxylic acids is 1. The quantitative estimate of drug-likeness (QED) is 0.672. The Kier molecular flexibility index (Phi) is 2.68. The number of benzene rings is 1. The number of halogens is 1. The van der Waals surface area contributed by atoms with Crippen LogP contribution in [-0.4, -0.2) is 5.12 Å². The van der Waals surface area contributed by atoms with Crippen molar-refractivity contribution in [3.63, 3.8) is 0 Å². The molecule has 1 rings (SSSR count). The van der Waals surface area contributed by atoms with Crippen LogP contribution in [-0.2, 0) is 11.6 Å². The zero-order valence-electron chi connectivity index (χ0n) is 5.50. The zero-order valence-corrected chi connectivity index (χ0v) is 7.08. The third kappa shape index (κ3) is 1.82. The normalized spacial score (nSPS) is 9.18. The van der Waals surface area contributed by atoms with E-state index < -0.39 is 0 Å². The van der Waals surface area contributed by atoms with Gasteiger partial charge in [-0.05, 0) is 16.9 Å². The second-order valence-electron chi connectivity index (χ2n) is 1.87. The second-order valence-corrected chi connectivity index (χ2v) is 2.85. The summed E-state index contributed by atoms with van der Waals surface area (Å²) in [6.45, 7) is 0. The summed E-state index contributed by atoms with van der Waals surface area (Å²) in [6.07, 6.45) is 0. The summed E-state index contributed by atoms with van der Waals surface area (Å²) in [5, 5.41) is 0.0767. The highest BCUT2D eigenvalue weighted by Gasteiger charge is 2.18. The van der Waals surface area contributed by atoms with E-state index in [4.69, 9.17) is 16.4 Å². The molecule has 0 fully saturated rings. The molecular weight excluding hydrogens is 182 g/mol. The molecule has 1 N–H and O–H groups in total. The van der Waals surface area contributed by atoms with Crippen LogP contribution in [0.1, 0.15) is 10.4 Å². The van der Waals surface area contributed by atoms with Gasteiger partial charge in [-0.15, -0.1) is 0 Å². The fourth-order valence-corrected chi connectivity index (χ4v) is 1.25. The molecule has 56 valence electrons. The molecule has 0 amide bonds. The monoisotopic (exact) mass is 186 g/mol. The van der Waals surface area contributed by atoms with Crippen molar-refractivity contribution in [1.29, 1.82) is 4.78 Å². The standard InChI is InChI=1S/C7H5ClNOS/c8-6-4-2-1-3-5(6)7(10)11-9/h1-4,9H/q+1. The highest BCUT2D eigenvalue weighted by atomic mass is 35.5. The van der Waals surface area contributed by atoms with Crippen molar-refractivity contribution in [1.82, 2.24) is 0 Å². The Morgan fingerprint density at radius 3 is 2.64 bits per heavy atom. The first-order chi connectivity index (χ1) is 5.25. The Bertz CT molecular complexity index is 300. The van der Waals surface area contributed by atoms with Gasteiger partial charge >= 0.3 is 16.7 Å². The maximum atomic E-state index is 10.9. The van der Waals surface area contributed by atoms with Crippen LogP contribution in [0.4, 0.5) is 0 Å². The molecule has 0 spiro atoms. The van der Waals surface area contributed by atoms with E-state index in [0.717, 1.165) is 0 Å². The van der Waals surface area contributed by atoms with E-state index in [-0.39, 0.29) is 5.12 Å². The van der Waals surface area contributed by atoms with Gasteiger partial charge < -0.3 is 0 Å². The van der Waals surface area contributed by atoms with Crippen LogP contribution in [0.25, 0.3) is 0 Å². The average molecular weight is 187 g/mol. The molecule has 0 saturated heterocycles. The minimum Gasteiger partial charge on any atom is -0.217 e. The van der Waals surface area contributed by atoms with Crippen LogP contribution in [0, 0.1) is 4.78 Å². The van der Waals surface area contributed by atoms with Crippen molar-refractivity contribution in [2.24, 2.45) is 0 Å². The summed E-state index contributed by atoms with van der Waals surface area (Å²) in [7, 11) is 0. The van der Waals surface area contributed by atoms with Gasteiger partial charge in [-0.2, -0.15) is 0 Å². The van der Waals surface area contributed by atoms with Crippen molar-refractivity contribution in [3.05, 3.63) is 34.9 Å². The number of rotatable bonds is 1. The first kappa shape index (κ1) is 8.30. The number of carbonyl (C=O) groups is 1. The first-order valence-electron chi connectivity index (χ1n) is 2.88. The first-order valence-corrected chi connectivity index (χ1v) is 4.07. The van der Waals surface area contributed by atoms with Crippen molar-refractivity contribution in [2.75, 3.05) is 0 Å². The molecule has 0 heterocycles. The van der Waals surface area contributed by atoms with Crippen LogP contribution in [0.5, 0.6) is 0 Å². The van der Waals surface area contributed by atoms with Crippen molar-refractivity contribution in [3.8, 4) is 0 Å². The highest BCUT2D eigenvalue weighted by Crippen LogP contribution is 2.14. The van der Waals surface area contributed by atoms with E-state index in [1.54, 1.807) is 24.3 Å². The van der Waals surface area contributed by atoms with Crippen LogP contribution in [0.3, 0.4) is 0 Å². The van der Waals surface area contributed by atoms with Crippen LogP contribution in [0.2, 0.25) is 5.02 Å². The van der Waals surface area contributed by atoms with Gasteiger partial charge in [-0.1, -0.05) is 23.7 Å². The lowest BCUT2D eigenvalue weighted by atomic mass is 10.2. The van der Waals surface area contributed by atoms with E-state index in [1.165, 1.54) is 0 Å². The fourth-order valence-electron chi connectivity index (χ4n) is 0.682. The summed E-state index contributed by atoms with van der Waals surface area (Å²) in [5.74, 6) is 0. The van der Waals surface area contributed by atoms with Crippen molar-refractivity contribution >= 4 is 28.3 Å². The molecule has 0 aliphatic rings. The molecule has 0 atom stereocenters. The van der Waals surface area contributed by atoms with E-state index in [1.807, 2.05) is 0 Å². The van der Waals surface area contributed by atoms with Gasteiger partial charge in [-0.3, -0.25) is 0 Å². The molecule has 1 aromatic rings. The molecule has 0 unspecified atom stereocenters. The van der Waals surface area contributed by atoms with Gasteiger partial charge in [-0.25, -0.2) is 4.79 Å². The van der Waals surface area contributed by atoms with Gasteiger partial charge in [0.15, 0.2) is 0 Å². The largest absolute Gasteiger partial charge is 0.466 e. The molecule has 0 aromatic heterocycles. The Labute approximate surface area is 73.1 Å². The maximum absolute atomic E-state index is 10.9. The maximum Gasteiger partial charge on any atom is 0.466 e. The summed E-state index contributed by atoms with van der Waals surface area (Å²) in [6, 6.07) is 6.69. The van der Waals surface area contributed by atoms with E-state index in [9.17, 15) is 4.79 Å². The smallest absolute Gasteiger partial charge is 0.217 e. The zero-order chi connectivity index (χ0) is 8.27. The Balaban J connectivity index is 3.13. The van der Waals surface area contributed by atoms with Gasteiger partial charge in [0.25, 0.3) is 0 Å². The molecule has 0 aliphatic heterocycles. The lowest BCUT2D eigenvalue weighted by Gasteiger charge is -1.89. The summed E-state index contributed by atoms with van der Waals surface area (Å²) in [4.78, 5) is 10.9. The van der Waals surface area contributed by atoms with E-state index in [0.29, 0.717) is 22.1 Å². The Morgan fingerprint density at radius 1 is 1.45 bits per heavy atom. The molecule has 0 aliphatic carbocycles. The van der Waals surface area contributed by atoms with Gasteiger partial charge in [0.2, 0.25) is 0 Å². The molecule has 0 radical (unpaired) electrons. The SMILES string of the molecule is N=[S+]C(=O)c1ccccc1Cl. The molecule has 0 saturated carbocycles. The van der Waals surface area contributed by atoms with E-state index >= 15 is 0 Å². The van der Waals surface area contributed by atoms with Crippen molar-refractivity contribution < 1.29 is 4.79 Å². The predicted molar refractivity (Wildman–Crippen MR) is 45.9 cm³/mol. The topological polar surface area (TPSA) is 40.9 Å². The Morgan fingerprint density at radius 2 is 2.09 bits per heavy atom. The molecule has 0 bridgehead atoms. The minimum absolute atomic E-state index is 0.324.